The summed E-state index contributed by atoms with van der Waals surface area (Å²) >= 11 is 7.47. The van der Waals surface area contributed by atoms with Crippen molar-refractivity contribution in [3.63, 3.8) is 0 Å². The van der Waals surface area contributed by atoms with E-state index in [9.17, 15) is 14.4 Å². The van der Waals surface area contributed by atoms with Gasteiger partial charge >= 0.3 is 5.97 Å². The van der Waals surface area contributed by atoms with Gasteiger partial charge in [-0.1, -0.05) is 69.6 Å². The molecule has 0 bridgehead atoms. The first-order valence-electron chi connectivity index (χ1n) is 14.9. The van der Waals surface area contributed by atoms with Gasteiger partial charge in [0.1, 0.15) is 11.0 Å². The predicted octanol–water partition coefficient (Wildman–Crippen LogP) is 6.12. The van der Waals surface area contributed by atoms with Gasteiger partial charge in [0, 0.05) is 41.3 Å². The van der Waals surface area contributed by atoms with Crippen LogP contribution in [0.3, 0.4) is 0 Å². The molecule has 1 saturated heterocycles. The number of para-hydroxylation sites is 1. The number of nitrogens with zero attached hydrogens (tertiary/aromatic N) is 3. The lowest BCUT2D eigenvalue weighted by molar-refractivity contribution is -0.144. The minimum absolute atomic E-state index is 0.162. The van der Waals surface area contributed by atoms with Crippen molar-refractivity contribution < 1.29 is 14.3 Å². The van der Waals surface area contributed by atoms with Crippen LogP contribution in [0.5, 0.6) is 0 Å². The number of thiazole rings is 1. The maximum absolute atomic E-state index is 14.7. The summed E-state index contributed by atoms with van der Waals surface area (Å²) in [6.07, 6.45) is 1.44. The second kappa shape index (κ2) is 13.5. The van der Waals surface area contributed by atoms with E-state index in [4.69, 9.17) is 21.3 Å². The van der Waals surface area contributed by atoms with Gasteiger partial charge in [-0.05, 0) is 48.1 Å². The number of halogens is 1. The molecule has 2 aromatic carbocycles. The smallest absolute Gasteiger partial charge is 0.324 e. The number of hydrogen-bond donors (Lipinski definition) is 1. The van der Waals surface area contributed by atoms with Crippen molar-refractivity contribution in [3.8, 4) is 27.5 Å². The van der Waals surface area contributed by atoms with Crippen molar-refractivity contribution in [2.45, 2.75) is 52.5 Å². The van der Waals surface area contributed by atoms with Gasteiger partial charge in [-0.25, -0.2) is 4.98 Å². The van der Waals surface area contributed by atoms with E-state index in [0.29, 0.717) is 39.9 Å². The third-order valence-corrected chi connectivity index (χ3v) is 9.16. The molecule has 5 rings (SSSR count). The largest absolute Gasteiger partial charge is 0.468 e. The fraction of sp³-hybridized carbons (Fsp3) is 0.353. The second-order valence-electron chi connectivity index (χ2n) is 11.1. The normalized spacial score (nSPS) is 15.1. The topological polar surface area (TPSA) is 93.5 Å². The molecular formula is C34H37ClN4O4S. The van der Waals surface area contributed by atoms with Crippen LogP contribution in [0.25, 0.3) is 27.5 Å². The van der Waals surface area contributed by atoms with Crippen LogP contribution in [0.1, 0.15) is 60.8 Å². The van der Waals surface area contributed by atoms with Crippen molar-refractivity contribution in [2.75, 3.05) is 26.7 Å². The van der Waals surface area contributed by atoms with Gasteiger partial charge in [0.15, 0.2) is 0 Å². The maximum atomic E-state index is 14.7. The highest BCUT2D eigenvalue weighted by molar-refractivity contribution is 7.13. The number of carbonyl (C=O) groups is 2. The van der Waals surface area contributed by atoms with Crippen molar-refractivity contribution in [1.82, 2.24) is 19.8 Å². The number of pyridine rings is 1. The lowest BCUT2D eigenvalue weighted by Gasteiger charge is -2.33. The van der Waals surface area contributed by atoms with Crippen molar-refractivity contribution in [2.24, 2.45) is 0 Å². The fourth-order valence-corrected chi connectivity index (χ4v) is 6.77. The first-order valence-corrected chi connectivity index (χ1v) is 16.2. The molecule has 0 aliphatic carbocycles. The molecule has 0 radical (unpaired) electrons. The molecule has 1 amide bonds. The highest BCUT2D eigenvalue weighted by atomic mass is 35.5. The lowest BCUT2D eigenvalue weighted by atomic mass is 9.96. The number of amides is 1. The minimum Gasteiger partial charge on any atom is -0.468 e. The zero-order valence-electron chi connectivity index (χ0n) is 25.6. The Morgan fingerprint density at radius 1 is 1.11 bits per heavy atom. The number of methoxy groups -OCH3 is 1. The predicted molar refractivity (Wildman–Crippen MR) is 176 cm³/mol. The van der Waals surface area contributed by atoms with E-state index in [1.165, 1.54) is 18.4 Å². The van der Waals surface area contributed by atoms with E-state index in [2.05, 4.69) is 19.2 Å². The van der Waals surface area contributed by atoms with Crippen LogP contribution in [0.2, 0.25) is 5.02 Å². The van der Waals surface area contributed by atoms with Crippen LogP contribution in [-0.2, 0) is 22.4 Å². The van der Waals surface area contributed by atoms with E-state index in [1.54, 1.807) is 27.7 Å². The molecule has 10 heteroatoms. The van der Waals surface area contributed by atoms with E-state index in [0.717, 1.165) is 40.9 Å². The molecule has 1 aliphatic rings. The molecule has 0 spiro atoms. The standard InChI is InChI=1S/C34H37ClN4O4S/c1-6-21-9-8-10-22(7-2)30(21)39-29(20(3)4)25(32(40)38-16-15-36-27(18-38)34(42)43-5)17-26(33(39)41)31-37-28(19-44-31)23-11-13-24(35)14-12-23/h8-14,17,19-20,27,36H,6-7,15-16,18H2,1-5H3/t27-/m0/s1. The summed E-state index contributed by atoms with van der Waals surface area (Å²) in [5.41, 5.74) is 5.69. The maximum Gasteiger partial charge on any atom is 0.324 e. The number of benzene rings is 2. The fourth-order valence-electron chi connectivity index (χ4n) is 5.80. The monoisotopic (exact) mass is 632 g/mol. The molecule has 0 saturated carbocycles. The quantitative estimate of drug-likeness (QED) is 0.235. The Balaban J connectivity index is 1.76. The number of ether oxygens (including phenoxy) is 1. The van der Waals surface area contributed by atoms with Crippen LogP contribution in [0.4, 0.5) is 0 Å². The molecule has 2 aromatic heterocycles. The molecule has 3 heterocycles. The van der Waals surface area contributed by atoms with E-state index < -0.39 is 12.0 Å². The molecule has 0 unspecified atom stereocenters. The van der Waals surface area contributed by atoms with Gasteiger partial charge in [-0.3, -0.25) is 19.0 Å². The van der Waals surface area contributed by atoms with Crippen LogP contribution >= 0.6 is 22.9 Å². The van der Waals surface area contributed by atoms with Gasteiger partial charge in [0.2, 0.25) is 0 Å². The summed E-state index contributed by atoms with van der Waals surface area (Å²) in [6, 6.07) is 14.6. The number of rotatable bonds is 8. The molecule has 1 atom stereocenters. The Kier molecular flexibility index (Phi) is 9.68. The van der Waals surface area contributed by atoms with Crippen molar-refractivity contribution in [1.29, 1.82) is 0 Å². The molecule has 230 valence electrons. The molecule has 1 aliphatic heterocycles. The highest BCUT2D eigenvalue weighted by Crippen LogP contribution is 2.33. The Bertz CT molecular complexity index is 1720. The molecule has 4 aromatic rings. The third-order valence-electron chi connectivity index (χ3n) is 8.03. The average molecular weight is 633 g/mol. The Morgan fingerprint density at radius 3 is 2.41 bits per heavy atom. The molecule has 1 fully saturated rings. The summed E-state index contributed by atoms with van der Waals surface area (Å²) in [6.45, 7) is 9.17. The van der Waals surface area contributed by atoms with Crippen LogP contribution in [0.15, 0.2) is 58.7 Å². The summed E-state index contributed by atoms with van der Waals surface area (Å²) < 4.78 is 6.71. The second-order valence-corrected chi connectivity index (χ2v) is 12.4. The summed E-state index contributed by atoms with van der Waals surface area (Å²) in [7, 11) is 1.34. The Hall–Kier alpha value is -3.79. The number of nitrogens with one attached hydrogen (secondary N) is 1. The van der Waals surface area contributed by atoms with Gasteiger partial charge in [-0.2, -0.15) is 0 Å². The summed E-state index contributed by atoms with van der Waals surface area (Å²) in [5.74, 6) is -0.814. The number of aromatic nitrogens is 2. The SMILES string of the molecule is CCc1cccc(CC)c1-n1c(C(C)C)c(C(=O)N2CCN[C@H](C(=O)OC)C2)cc(-c2nc(-c3ccc(Cl)cc3)cs2)c1=O. The third kappa shape index (κ3) is 6.09. The van der Waals surface area contributed by atoms with Crippen molar-refractivity contribution >= 4 is 34.8 Å². The van der Waals surface area contributed by atoms with Crippen LogP contribution < -0.4 is 10.9 Å². The highest BCUT2D eigenvalue weighted by Gasteiger charge is 2.33. The molecular weight excluding hydrogens is 596 g/mol. The number of hydrogen-bond acceptors (Lipinski definition) is 7. The lowest BCUT2D eigenvalue weighted by Crippen LogP contribution is -2.56. The number of aryl methyl sites for hydroxylation is 2. The zero-order chi connectivity index (χ0) is 31.5. The summed E-state index contributed by atoms with van der Waals surface area (Å²) in [5, 5.41) is 6.20. The van der Waals surface area contributed by atoms with Gasteiger partial charge in [0.25, 0.3) is 11.5 Å². The molecule has 1 N–H and O–H groups in total. The number of carbonyl (C=O) groups excluding carboxylic acids is 2. The average Bonchev–Trinajstić information content (AvgIpc) is 3.53. The minimum atomic E-state index is -0.626. The van der Waals surface area contributed by atoms with E-state index in [-0.39, 0.29) is 23.9 Å². The van der Waals surface area contributed by atoms with Crippen LogP contribution in [0, 0.1) is 0 Å². The van der Waals surface area contributed by atoms with E-state index >= 15 is 0 Å². The first-order chi connectivity index (χ1) is 21.2. The van der Waals surface area contributed by atoms with E-state index in [1.807, 2.05) is 49.6 Å². The molecule has 44 heavy (non-hydrogen) atoms. The Morgan fingerprint density at radius 2 is 1.80 bits per heavy atom. The van der Waals surface area contributed by atoms with Gasteiger partial charge in [-0.15, -0.1) is 11.3 Å². The van der Waals surface area contributed by atoms with Gasteiger partial charge < -0.3 is 15.0 Å². The Labute approximate surface area is 266 Å². The number of esters is 1. The van der Waals surface area contributed by atoms with Crippen molar-refractivity contribution in [3.05, 3.63) is 91.7 Å². The van der Waals surface area contributed by atoms with Gasteiger partial charge in [0.05, 0.1) is 29.6 Å². The summed E-state index contributed by atoms with van der Waals surface area (Å²) in [4.78, 5) is 48.0. The van der Waals surface area contributed by atoms with Crippen LogP contribution in [-0.4, -0.2) is 59.1 Å². The number of piperazine rings is 1. The first kappa shape index (κ1) is 31.6. The molecule has 8 nitrogen and oxygen atoms in total. The zero-order valence-corrected chi connectivity index (χ0v) is 27.2.